The van der Waals surface area contributed by atoms with Crippen LogP contribution < -0.4 is 5.56 Å². The number of alkyl halides is 1. The highest BCUT2D eigenvalue weighted by molar-refractivity contribution is 7.15. The van der Waals surface area contributed by atoms with Crippen molar-refractivity contribution in [1.29, 1.82) is 5.26 Å². The molecule has 2 rings (SSSR count). The minimum atomic E-state index is -0.724. The predicted molar refractivity (Wildman–Crippen MR) is 79.1 cm³/mol. The Labute approximate surface area is 128 Å². The van der Waals surface area contributed by atoms with Crippen molar-refractivity contribution in [3.8, 4) is 6.07 Å². The molecule has 0 amide bonds. The van der Waals surface area contributed by atoms with Crippen molar-refractivity contribution < 1.29 is 9.53 Å². The molecule has 2 aromatic rings. The summed E-state index contributed by atoms with van der Waals surface area (Å²) in [6.45, 7) is 1.82. The molecule has 0 aliphatic heterocycles. The zero-order valence-electron chi connectivity index (χ0n) is 11.0. The highest BCUT2D eigenvalue weighted by Gasteiger charge is 2.13. The Bertz CT molecular complexity index is 816. The maximum absolute atomic E-state index is 12.0. The maximum Gasteiger partial charge on any atom is 0.348 e. The molecule has 0 saturated carbocycles. The van der Waals surface area contributed by atoms with Crippen molar-refractivity contribution in [2.75, 3.05) is 6.61 Å². The lowest BCUT2D eigenvalue weighted by atomic mass is 10.2. The van der Waals surface area contributed by atoms with Crippen LogP contribution in [0.15, 0.2) is 21.8 Å². The number of carbonyl (C=O) groups is 1. The molecular weight excluding hydrogens is 314 g/mol. The highest BCUT2D eigenvalue weighted by Crippen LogP contribution is 2.16. The van der Waals surface area contributed by atoms with Crippen molar-refractivity contribution >= 4 is 39.9 Å². The normalized spacial score (nSPS) is 11.4. The molecular formula is C13H10ClN3O3S. The van der Waals surface area contributed by atoms with Gasteiger partial charge in [-0.15, -0.1) is 22.9 Å². The minimum Gasteiger partial charge on any atom is -0.462 e. The molecule has 2 aromatic heterocycles. The molecule has 0 unspecified atom stereocenters. The Hall–Kier alpha value is -2.17. The highest BCUT2D eigenvalue weighted by atomic mass is 35.5. The maximum atomic E-state index is 12.0. The number of esters is 1. The number of ether oxygens (including phenoxy) is 1. The fraction of sp³-hybridized carbons (Fsp3) is 0.231. The Kier molecular flexibility index (Phi) is 4.73. The van der Waals surface area contributed by atoms with Crippen LogP contribution in [-0.2, 0) is 15.4 Å². The van der Waals surface area contributed by atoms with Crippen LogP contribution in [0.2, 0.25) is 0 Å². The summed E-state index contributed by atoms with van der Waals surface area (Å²) in [7, 11) is 0. The molecule has 0 aliphatic carbocycles. The van der Waals surface area contributed by atoms with Gasteiger partial charge in [-0.05, 0) is 13.0 Å². The average molecular weight is 324 g/mol. The molecule has 0 spiro atoms. The Morgan fingerprint density at radius 1 is 1.67 bits per heavy atom. The molecule has 0 atom stereocenters. The summed E-state index contributed by atoms with van der Waals surface area (Å²) in [5.41, 5.74) is 0.386. The molecule has 0 saturated heterocycles. The van der Waals surface area contributed by atoms with E-state index >= 15 is 0 Å². The van der Waals surface area contributed by atoms with E-state index in [-0.39, 0.29) is 23.6 Å². The lowest BCUT2D eigenvalue weighted by molar-refractivity contribution is -0.137. The third-order valence-electron chi connectivity index (χ3n) is 2.53. The van der Waals surface area contributed by atoms with Gasteiger partial charge in [0.15, 0.2) is 4.96 Å². The van der Waals surface area contributed by atoms with Crippen LogP contribution >= 0.6 is 22.9 Å². The Balaban J connectivity index is 2.55. The second-order valence-corrected chi connectivity index (χ2v) is 4.99. The second kappa shape index (κ2) is 6.52. The van der Waals surface area contributed by atoms with Gasteiger partial charge in [-0.3, -0.25) is 9.20 Å². The number of rotatable bonds is 4. The van der Waals surface area contributed by atoms with Crippen LogP contribution in [0.1, 0.15) is 18.3 Å². The van der Waals surface area contributed by atoms with E-state index < -0.39 is 5.97 Å². The quantitative estimate of drug-likeness (QED) is 0.372. The molecule has 0 N–H and O–H groups in total. The first kappa shape index (κ1) is 15.2. The topological polar surface area (TPSA) is 84.5 Å². The molecule has 0 fully saturated rings. The summed E-state index contributed by atoms with van der Waals surface area (Å²) in [5.74, 6) is -0.584. The van der Waals surface area contributed by atoms with Crippen molar-refractivity contribution in [3.63, 3.8) is 0 Å². The number of carbonyl (C=O) groups excluding carboxylic acids is 1. The van der Waals surface area contributed by atoms with Gasteiger partial charge >= 0.3 is 5.97 Å². The third-order valence-corrected chi connectivity index (χ3v) is 3.65. The summed E-state index contributed by atoms with van der Waals surface area (Å²) in [6.07, 6.45) is 1.31. The van der Waals surface area contributed by atoms with Crippen molar-refractivity contribution in [3.05, 3.63) is 38.8 Å². The number of aromatic nitrogens is 2. The van der Waals surface area contributed by atoms with Gasteiger partial charge < -0.3 is 4.74 Å². The number of halogens is 1. The van der Waals surface area contributed by atoms with Crippen molar-refractivity contribution in [2.24, 2.45) is 0 Å². The monoisotopic (exact) mass is 323 g/mol. The summed E-state index contributed by atoms with van der Waals surface area (Å²) in [5, 5.41) is 10.6. The van der Waals surface area contributed by atoms with Crippen LogP contribution in [-0.4, -0.2) is 22.0 Å². The first-order valence-corrected chi connectivity index (χ1v) is 7.37. The van der Waals surface area contributed by atoms with Crippen molar-refractivity contribution in [2.45, 2.75) is 12.8 Å². The molecule has 6 nitrogen and oxygen atoms in total. The number of hydrogen-bond acceptors (Lipinski definition) is 6. The zero-order valence-corrected chi connectivity index (χ0v) is 12.6. The average Bonchev–Trinajstić information content (AvgIpc) is 2.88. The fourth-order valence-electron chi connectivity index (χ4n) is 1.65. The zero-order chi connectivity index (χ0) is 15.4. The van der Waals surface area contributed by atoms with E-state index in [1.165, 1.54) is 27.9 Å². The van der Waals surface area contributed by atoms with E-state index in [1.54, 1.807) is 18.4 Å². The number of hydrogen-bond donors (Lipinski definition) is 0. The van der Waals surface area contributed by atoms with Gasteiger partial charge in [-0.1, -0.05) is 0 Å². The van der Waals surface area contributed by atoms with Crippen LogP contribution in [0.3, 0.4) is 0 Å². The van der Waals surface area contributed by atoms with Crippen LogP contribution in [0.5, 0.6) is 0 Å². The van der Waals surface area contributed by atoms with E-state index in [0.717, 1.165) is 0 Å². The van der Waals surface area contributed by atoms with Gasteiger partial charge in [0.2, 0.25) is 0 Å². The Morgan fingerprint density at radius 3 is 3.05 bits per heavy atom. The molecule has 21 heavy (non-hydrogen) atoms. The van der Waals surface area contributed by atoms with E-state index in [1.807, 2.05) is 0 Å². The third kappa shape index (κ3) is 3.12. The van der Waals surface area contributed by atoms with Crippen LogP contribution in [0.4, 0.5) is 0 Å². The summed E-state index contributed by atoms with van der Waals surface area (Å²) < 4.78 is 6.09. The first-order valence-electron chi connectivity index (χ1n) is 5.95. The standard InChI is InChI=1S/C13H10ClN3O3S/c1-2-20-12(19)8(6-15)3-10-7-21-13-16-9(5-14)4-11(18)17(10)13/h3-4,7H,2,5H2,1H3/b8-3+. The lowest BCUT2D eigenvalue weighted by Crippen LogP contribution is -2.15. The predicted octanol–water partition coefficient (Wildman–Crippen LogP) is 1.96. The van der Waals surface area contributed by atoms with E-state index in [0.29, 0.717) is 16.3 Å². The molecule has 108 valence electrons. The van der Waals surface area contributed by atoms with Crippen molar-refractivity contribution in [1.82, 2.24) is 9.38 Å². The second-order valence-electron chi connectivity index (χ2n) is 3.89. The van der Waals surface area contributed by atoms with Crippen LogP contribution in [0.25, 0.3) is 11.0 Å². The van der Waals surface area contributed by atoms with Gasteiger partial charge in [0.1, 0.15) is 11.6 Å². The van der Waals surface area contributed by atoms with Gasteiger partial charge in [0.25, 0.3) is 5.56 Å². The Morgan fingerprint density at radius 2 is 2.43 bits per heavy atom. The van der Waals surface area contributed by atoms with Crippen LogP contribution in [0, 0.1) is 11.3 Å². The number of nitrogens with zero attached hydrogens (tertiary/aromatic N) is 3. The SMILES string of the molecule is CCOC(=O)/C(C#N)=C/c1csc2nc(CCl)cc(=O)n12. The smallest absolute Gasteiger partial charge is 0.348 e. The summed E-state index contributed by atoms with van der Waals surface area (Å²) >= 11 is 6.89. The van der Waals surface area contributed by atoms with E-state index in [4.69, 9.17) is 21.6 Å². The largest absolute Gasteiger partial charge is 0.462 e. The molecule has 0 aromatic carbocycles. The van der Waals surface area contributed by atoms with Gasteiger partial charge in [0.05, 0.1) is 23.9 Å². The molecule has 0 aliphatic rings. The van der Waals surface area contributed by atoms with Gasteiger partial charge in [-0.25, -0.2) is 9.78 Å². The fourth-order valence-corrected chi connectivity index (χ4v) is 2.66. The molecule has 8 heteroatoms. The lowest BCUT2D eigenvalue weighted by Gasteiger charge is -2.00. The van der Waals surface area contributed by atoms with Gasteiger partial charge in [0, 0.05) is 11.4 Å². The molecule has 0 radical (unpaired) electrons. The van der Waals surface area contributed by atoms with E-state index in [2.05, 4.69) is 4.98 Å². The summed E-state index contributed by atoms with van der Waals surface area (Å²) in [4.78, 5) is 28.3. The van der Waals surface area contributed by atoms with E-state index in [9.17, 15) is 9.59 Å². The molecule has 0 bridgehead atoms. The first-order chi connectivity index (χ1) is 10.1. The summed E-state index contributed by atoms with van der Waals surface area (Å²) in [6, 6.07) is 3.09. The number of thiazole rings is 1. The minimum absolute atomic E-state index is 0.140. The van der Waals surface area contributed by atoms with Gasteiger partial charge in [-0.2, -0.15) is 5.26 Å². The number of fused-ring (bicyclic) bond motifs is 1. The number of nitriles is 1. The molecule has 2 heterocycles.